The van der Waals surface area contributed by atoms with Crippen LogP contribution in [0.4, 0.5) is 0 Å². The van der Waals surface area contributed by atoms with Crippen LogP contribution in [0.5, 0.6) is 5.75 Å². The molecule has 0 aliphatic carbocycles. The van der Waals surface area contributed by atoms with Crippen molar-refractivity contribution >= 4 is 15.9 Å². The average molecular weight is 524 g/mol. The Labute approximate surface area is 218 Å². The van der Waals surface area contributed by atoms with Crippen LogP contribution in [0.25, 0.3) is 11.1 Å². The number of sulfonamides is 1. The summed E-state index contributed by atoms with van der Waals surface area (Å²) < 4.78 is 35.2. The van der Waals surface area contributed by atoms with Gasteiger partial charge in [-0.2, -0.15) is 4.31 Å². The number of rotatable bonds is 6. The van der Waals surface area contributed by atoms with Gasteiger partial charge in [0.15, 0.2) is 0 Å². The van der Waals surface area contributed by atoms with Gasteiger partial charge in [0.2, 0.25) is 10.0 Å². The van der Waals surface area contributed by atoms with Crippen LogP contribution in [0.15, 0.2) is 71.8 Å². The lowest BCUT2D eigenvalue weighted by Crippen LogP contribution is -2.50. The van der Waals surface area contributed by atoms with E-state index in [1.165, 1.54) is 4.31 Å². The van der Waals surface area contributed by atoms with Gasteiger partial charge in [0.25, 0.3) is 5.91 Å². The summed E-state index contributed by atoms with van der Waals surface area (Å²) >= 11 is 0. The molecule has 0 saturated carbocycles. The number of likely N-dealkylation sites (N-methyl/N-ethyl adjacent to an activating group) is 1. The average Bonchev–Trinajstić information content (AvgIpc) is 2.90. The van der Waals surface area contributed by atoms with E-state index < -0.39 is 22.2 Å². The number of ether oxygens (including phenoxy) is 1. The minimum atomic E-state index is -3.95. The number of carbonyl (C=O) groups is 1. The van der Waals surface area contributed by atoms with E-state index in [0.717, 1.165) is 16.7 Å². The Morgan fingerprint density at radius 1 is 1.19 bits per heavy atom. The third-order valence-corrected chi connectivity index (χ3v) is 8.83. The first-order valence-electron chi connectivity index (χ1n) is 12.3. The lowest BCUT2D eigenvalue weighted by atomic mass is 10.00. The summed E-state index contributed by atoms with van der Waals surface area (Å²) in [5.74, 6) is -0.301. The fourth-order valence-electron chi connectivity index (χ4n) is 4.55. The molecular weight excluding hydrogens is 490 g/mol. The number of benzene rings is 2. The van der Waals surface area contributed by atoms with E-state index in [0.29, 0.717) is 5.69 Å². The van der Waals surface area contributed by atoms with Crippen LogP contribution >= 0.6 is 0 Å². The molecule has 0 bridgehead atoms. The number of nitrogens with zero attached hydrogens (tertiary/aromatic N) is 3. The number of amides is 1. The van der Waals surface area contributed by atoms with Crippen LogP contribution in [0, 0.1) is 12.8 Å². The molecule has 196 valence electrons. The number of aromatic nitrogens is 1. The highest BCUT2D eigenvalue weighted by Crippen LogP contribution is 2.37. The van der Waals surface area contributed by atoms with Gasteiger partial charge in [0.05, 0.1) is 13.2 Å². The van der Waals surface area contributed by atoms with Crippen molar-refractivity contribution in [2.45, 2.75) is 37.8 Å². The number of aliphatic hydroxyl groups excluding tert-OH is 1. The molecule has 9 heteroatoms. The molecule has 2 aromatic carbocycles. The molecule has 1 aliphatic rings. The van der Waals surface area contributed by atoms with Crippen LogP contribution in [0.1, 0.15) is 29.9 Å². The van der Waals surface area contributed by atoms with Gasteiger partial charge in [-0.15, -0.1) is 0 Å². The van der Waals surface area contributed by atoms with Gasteiger partial charge in [-0.3, -0.25) is 9.78 Å². The van der Waals surface area contributed by atoms with E-state index in [1.807, 2.05) is 38.1 Å². The number of pyridine rings is 1. The smallest absolute Gasteiger partial charge is 0.272 e. The summed E-state index contributed by atoms with van der Waals surface area (Å²) in [7, 11) is -2.27. The van der Waals surface area contributed by atoms with Gasteiger partial charge in [-0.05, 0) is 54.8 Å². The van der Waals surface area contributed by atoms with Gasteiger partial charge in [0, 0.05) is 31.7 Å². The number of aliphatic hydroxyl groups is 1. The highest BCUT2D eigenvalue weighted by Gasteiger charge is 2.38. The lowest BCUT2D eigenvalue weighted by molar-refractivity contribution is 0.0560. The van der Waals surface area contributed by atoms with Crippen LogP contribution in [-0.4, -0.2) is 72.5 Å². The second-order valence-electron chi connectivity index (χ2n) is 9.62. The molecule has 3 atom stereocenters. The molecule has 1 aromatic heterocycles. The Morgan fingerprint density at radius 3 is 2.59 bits per heavy atom. The fourth-order valence-corrected chi connectivity index (χ4v) is 6.37. The van der Waals surface area contributed by atoms with Gasteiger partial charge in [0.1, 0.15) is 22.4 Å². The lowest BCUT2D eigenvalue weighted by Gasteiger charge is -2.37. The summed E-state index contributed by atoms with van der Waals surface area (Å²) in [5, 5.41) is 9.85. The first-order chi connectivity index (χ1) is 17.6. The van der Waals surface area contributed by atoms with Crippen molar-refractivity contribution < 1.29 is 23.1 Å². The maximum atomic E-state index is 13.7. The van der Waals surface area contributed by atoms with E-state index >= 15 is 0 Å². The SMILES string of the molecule is Cc1ccccc1-c1ccc2c(c1)O[C@H](CN(C)C(=O)c1ccccn1)[C@@H](C)CN([C@H](C)CO)S2(=O)=O. The molecule has 4 rings (SSSR count). The Hall–Kier alpha value is -3.27. The molecule has 0 spiro atoms. The zero-order valence-corrected chi connectivity index (χ0v) is 22.4. The predicted octanol–water partition coefficient (Wildman–Crippen LogP) is 3.60. The van der Waals surface area contributed by atoms with Crippen LogP contribution in [0.3, 0.4) is 0 Å². The molecule has 0 unspecified atom stereocenters. The van der Waals surface area contributed by atoms with E-state index in [4.69, 9.17) is 4.74 Å². The maximum Gasteiger partial charge on any atom is 0.272 e. The van der Waals surface area contributed by atoms with Gasteiger partial charge >= 0.3 is 0 Å². The van der Waals surface area contributed by atoms with Crippen molar-refractivity contribution in [3.63, 3.8) is 0 Å². The van der Waals surface area contributed by atoms with Gasteiger partial charge < -0.3 is 14.7 Å². The quantitative estimate of drug-likeness (QED) is 0.530. The standard InChI is InChI=1S/C28H33N3O5S/c1-19-9-5-6-10-23(19)22-12-13-27-25(15-22)36-26(17-30(4)28(33)24-11-7-8-14-29-24)20(2)16-31(21(3)18-32)37(27,34)35/h5-15,20-21,26,32H,16-18H2,1-4H3/t20-,21+,26+/m0/s1. The van der Waals surface area contributed by atoms with E-state index in [9.17, 15) is 18.3 Å². The van der Waals surface area contributed by atoms with E-state index in [-0.39, 0.29) is 42.2 Å². The highest BCUT2D eigenvalue weighted by molar-refractivity contribution is 7.89. The Balaban J connectivity index is 1.76. The van der Waals surface area contributed by atoms with Crippen molar-refractivity contribution in [1.82, 2.24) is 14.2 Å². The molecule has 0 fully saturated rings. The number of fused-ring (bicyclic) bond motifs is 1. The molecule has 2 heterocycles. The summed E-state index contributed by atoms with van der Waals surface area (Å²) in [4.78, 5) is 18.7. The Morgan fingerprint density at radius 2 is 1.92 bits per heavy atom. The molecule has 8 nitrogen and oxygen atoms in total. The van der Waals surface area contributed by atoms with Crippen LogP contribution < -0.4 is 4.74 Å². The van der Waals surface area contributed by atoms with Crippen molar-refractivity contribution in [1.29, 1.82) is 0 Å². The number of aryl methyl sites for hydroxylation is 1. The number of hydrogen-bond donors (Lipinski definition) is 1. The molecule has 0 radical (unpaired) electrons. The highest BCUT2D eigenvalue weighted by atomic mass is 32.2. The molecule has 1 amide bonds. The third-order valence-electron chi connectivity index (χ3n) is 6.81. The third kappa shape index (κ3) is 5.53. The van der Waals surface area contributed by atoms with Crippen LogP contribution in [-0.2, 0) is 10.0 Å². The fraction of sp³-hybridized carbons (Fsp3) is 0.357. The molecule has 1 N–H and O–H groups in total. The van der Waals surface area contributed by atoms with Gasteiger partial charge in [-0.1, -0.05) is 43.3 Å². The summed E-state index contributed by atoms with van der Waals surface area (Å²) in [6.45, 7) is 5.63. The van der Waals surface area contributed by atoms with Crippen molar-refractivity contribution in [2.24, 2.45) is 5.92 Å². The van der Waals surface area contributed by atoms with Crippen molar-refractivity contribution in [2.75, 3.05) is 26.7 Å². The van der Waals surface area contributed by atoms with E-state index in [2.05, 4.69) is 4.98 Å². The normalized spacial score (nSPS) is 20.1. The largest absolute Gasteiger partial charge is 0.487 e. The first-order valence-corrected chi connectivity index (χ1v) is 13.7. The monoisotopic (exact) mass is 523 g/mol. The molecular formula is C28H33N3O5S. The van der Waals surface area contributed by atoms with E-state index in [1.54, 1.807) is 61.5 Å². The number of hydrogen-bond acceptors (Lipinski definition) is 6. The maximum absolute atomic E-state index is 13.7. The zero-order valence-electron chi connectivity index (χ0n) is 21.5. The molecule has 1 aliphatic heterocycles. The second-order valence-corrected chi connectivity index (χ2v) is 11.5. The molecule has 3 aromatic rings. The Kier molecular flexibility index (Phi) is 7.96. The summed E-state index contributed by atoms with van der Waals surface area (Å²) in [6, 6.07) is 17.5. The molecule has 37 heavy (non-hydrogen) atoms. The zero-order chi connectivity index (χ0) is 26.7. The van der Waals surface area contributed by atoms with Crippen LogP contribution in [0.2, 0.25) is 0 Å². The predicted molar refractivity (Wildman–Crippen MR) is 142 cm³/mol. The first kappa shape index (κ1) is 26.8. The van der Waals surface area contributed by atoms with Gasteiger partial charge in [-0.25, -0.2) is 8.42 Å². The summed E-state index contributed by atoms with van der Waals surface area (Å²) in [5.41, 5.74) is 3.18. The molecule has 0 saturated heterocycles. The minimum absolute atomic E-state index is 0.0424. The van der Waals surface area contributed by atoms with Crippen molar-refractivity contribution in [3.05, 3.63) is 78.1 Å². The second kappa shape index (κ2) is 11.0. The topological polar surface area (TPSA) is 100 Å². The summed E-state index contributed by atoms with van der Waals surface area (Å²) in [6.07, 6.45) is 1.06. The number of carbonyl (C=O) groups excluding carboxylic acids is 1. The minimum Gasteiger partial charge on any atom is -0.487 e. The van der Waals surface area contributed by atoms with Crippen molar-refractivity contribution in [3.8, 4) is 16.9 Å². The Bertz CT molecular complexity index is 1360.